The van der Waals surface area contributed by atoms with Gasteiger partial charge in [-0.25, -0.2) is 13.5 Å². The molecular formula is C19H16F2N4O. The number of hydrogen-bond acceptors (Lipinski definition) is 3. The molecule has 132 valence electrons. The summed E-state index contributed by atoms with van der Waals surface area (Å²) in [6, 6.07) is 8.84. The first kappa shape index (κ1) is 16.4. The molecule has 2 aromatic heterocycles. The molecule has 5 nitrogen and oxygen atoms in total. The summed E-state index contributed by atoms with van der Waals surface area (Å²) in [6.07, 6.45) is 4.25. The van der Waals surface area contributed by atoms with E-state index in [1.807, 2.05) is 0 Å². The summed E-state index contributed by atoms with van der Waals surface area (Å²) >= 11 is 0. The van der Waals surface area contributed by atoms with Gasteiger partial charge in [-0.15, -0.1) is 0 Å². The Morgan fingerprint density at radius 2 is 2.04 bits per heavy atom. The van der Waals surface area contributed by atoms with Gasteiger partial charge in [0.15, 0.2) is 5.82 Å². The summed E-state index contributed by atoms with van der Waals surface area (Å²) < 4.78 is 28.8. The molecule has 1 fully saturated rings. The molecule has 0 bridgehead atoms. The van der Waals surface area contributed by atoms with Gasteiger partial charge >= 0.3 is 0 Å². The predicted molar refractivity (Wildman–Crippen MR) is 92.0 cm³/mol. The predicted octanol–water partition coefficient (Wildman–Crippen LogP) is 3.52. The van der Waals surface area contributed by atoms with E-state index in [2.05, 4.69) is 15.4 Å². The highest BCUT2D eigenvalue weighted by atomic mass is 19.1. The lowest BCUT2D eigenvalue weighted by molar-refractivity contribution is -0.118. The van der Waals surface area contributed by atoms with Crippen LogP contribution in [0.25, 0.3) is 5.69 Å². The number of aryl methyl sites for hydroxylation is 1. The quantitative estimate of drug-likeness (QED) is 0.780. The third-order valence-corrected chi connectivity index (χ3v) is 4.63. The fourth-order valence-corrected chi connectivity index (χ4v) is 3.07. The third kappa shape index (κ3) is 2.75. The fraction of sp³-hybridized carbons (Fsp3) is 0.211. The Morgan fingerprint density at radius 1 is 1.23 bits per heavy atom. The summed E-state index contributed by atoms with van der Waals surface area (Å²) in [6.45, 7) is 1.78. The highest BCUT2D eigenvalue weighted by Crippen LogP contribution is 2.48. The lowest BCUT2D eigenvalue weighted by atomic mass is 10.00. The first-order valence-electron chi connectivity index (χ1n) is 8.24. The number of amides is 1. The molecular weight excluding hydrogens is 338 g/mol. The first-order valence-corrected chi connectivity index (χ1v) is 8.24. The van der Waals surface area contributed by atoms with Crippen LogP contribution in [0.4, 0.5) is 14.6 Å². The Labute approximate surface area is 148 Å². The van der Waals surface area contributed by atoms with Crippen molar-refractivity contribution in [2.24, 2.45) is 0 Å². The van der Waals surface area contributed by atoms with E-state index in [1.54, 1.807) is 29.9 Å². The normalized spacial score (nSPS) is 14.9. The molecule has 0 unspecified atom stereocenters. The van der Waals surface area contributed by atoms with Crippen LogP contribution in [0, 0.1) is 18.6 Å². The average Bonchev–Trinajstić information content (AvgIpc) is 3.29. The Morgan fingerprint density at radius 3 is 2.73 bits per heavy atom. The van der Waals surface area contributed by atoms with Crippen molar-refractivity contribution in [3.05, 3.63) is 71.7 Å². The van der Waals surface area contributed by atoms with Gasteiger partial charge < -0.3 is 5.32 Å². The molecule has 1 N–H and O–H groups in total. The Balaban J connectivity index is 1.56. The molecule has 3 aromatic rings. The number of nitrogens with one attached hydrogen (secondary N) is 1. The number of carbonyl (C=O) groups is 1. The van der Waals surface area contributed by atoms with Crippen molar-refractivity contribution in [1.82, 2.24) is 14.8 Å². The molecule has 2 heterocycles. The van der Waals surface area contributed by atoms with Gasteiger partial charge in [-0.2, -0.15) is 5.10 Å². The number of halogens is 2. The maximum absolute atomic E-state index is 14.0. The Kier molecular flexibility index (Phi) is 3.79. The molecule has 1 aliphatic rings. The van der Waals surface area contributed by atoms with E-state index in [1.165, 1.54) is 30.5 Å². The number of aromatic nitrogens is 3. The van der Waals surface area contributed by atoms with Gasteiger partial charge in [0.05, 0.1) is 16.8 Å². The molecule has 0 saturated heterocycles. The number of rotatable bonds is 4. The average molecular weight is 354 g/mol. The summed E-state index contributed by atoms with van der Waals surface area (Å²) in [4.78, 5) is 16.7. The van der Waals surface area contributed by atoms with Crippen LogP contribution in [0.3, 0.4) is 0 Å². The summed E-state index contributed by atoms with van der Waals surface area (Å²) in [7, 11) is 0. The highest BCUT2D eigenvalue weighted by Gasteiger charge is 2.54. The topological polar surface area (TPSA) is 59.8 Å². The van der Waals surface area contributed by atoms with Gasteiger partial charge in [-0.05, 0) is 55.7 Å². The van der Waals surface area contributed by atoms with E-state index in [9.17, 15) is 13.6 Å². The monoisotopic (exact) mass is 354 g/mol. The number of anilines is 1. The maximum Gasteiger partial charge on any atom is 0.237 e. The SMILES string of the molecule is Cc1cc(F)ccc1-n1ccc(NC(=O)C2(c3ncccc3F)CC2)n1. The second-order valence-corrected chi connectivity index (χ2v) is 6.45. The van der Waals surface area contributed by atoms with E-state index in [4.69, 9.17) is 0 Å². The van der Waals surface area contributed by atoms with Crippen molar-refractivity contribution in [2.45, 2.75) is 25.2 Å². The van der Waals surface area contributed by atoms with Crippen LogP contribution in [0.15, 0.2) is 48.8 Å². The van der Waals surface area contributed by atoms with Crippen LogP contribution in [0.5, 0.6) is 0 Å². The molecule has 1 aromatic carbocycles. The fourth-order valence-electron chi connectivity index (χ4n) is 3.07. The summed E-state index contributed by atoms with van der Waals surface area (Å²) in [5.74, 6) is -0.773. The molecule has 1 saturated carbocycles. The Hall–Kier alpha value is -3.09. The molecule has 4 rings (SSSR count). The number of pyridine rings is 1. The van der Waals surface area contributed by atoms with Gasteiger partial charge in [0, 0.05) is 18.5 Å². The molecule has 26 heavy (non-hydrogen) atoms. The molecule has 0 radical (unpaired) electrons. The van der Waals surface area contributed by atoms with Crippen LogP contribution in [-0.2, 0) is 10.2 Å². The highest BCUT2D eigenvalue weighted by molar-refractivity contribution is 6.00. The largest absolute Gasteiger partial charge is 0.308 e. The smallest absolute Gasteiger partial charge is 0.237 e. The summed E-state index contributed by atoms with van der Waals surface area (Å²) in [5, 5.41) is 7.06. The van der Waals surface area contributed by atoms with Gasteiger partial charge in [-0.1, -0.05) is 0 Å². The zero-order valence-corrected chi connectivity index (χ0v) is 14.0. The first-order chi connectivity index (χ1) is 12.5. The third-order valence-electron chi connectivity index (χ3n) is 4.63. The number of nitrogens with zero attached hydrogens (tertiary/aromatic N) is 3. The van der Waals surface area contributed by atoms with Gasteiger partial charge in [0.25, 0.3) is 0 Å². The number of hydrogen-bond donors (Lipinski definition) is 1. The van der Waals surface area contributed by atoms with E-state index in [0.29, 0.717) is 24.3 Å². The van der Waals surface area contributed by atoms with Gasteiger partial charge in [-0.3, -0.25) is 9.78 Å². The van der Waals surface area contributed by atoms with Crippen molar-refractivity contribution in [2.75, 3.05) is 5.32 Å². The van der Waals surface area contributed by atoms with Crippen molar-refractivity contribution < 1.29 is 13.6 Å². The van der Waals surface area contributed by atoms with E-state index >= 15 is 0 Å². The van der Waals surface area contributed by atoms with Crippen molar-refractivity contribution in [1.29, 1.82) is 0 Å². The minimum Gasteiger partial charge on any atom is -0.308 e. The van der Waals surface area contributed by atoms with Crippen LogP contribution < -0.4 is 5.32 Å². The second-order valence-electron chi connectivity index (χ2n) is 6.45. The van der Waals surface area contributed by atoms with Gasteiger partial charge in [0.2, 0.25) is 5.91 Å². The standard InChI is InChI=1S/C19H16F2N4O/c1-12-11-13(20)4-5-15(12)25-10-6-16(24-25)23-18(26)19(7-8-19)17-14(21)3-2-9-22-17/h2-6,9-11H,7-8H2,1H3,(H,23,24,26). The van der Waals surface area contributed by atoms with E-state index < -0.39 is 11.2 Å². The Bertz CT molecular complexity index is 995. The van der Waals surface area contributed by atoms with Crippen LogP contribution in [-0.4, -0.2) is 20.7 Å². The van der Waals surface area contributed by atoms with Crippen LogP contribution in [0.2, 0.25) is 0 Å². The lowest BCUT2D eigenvalue weighted by Gasteiger charge is -2.14. The zero-order chi connectivity index (χ0) is 18.3. The van der Waals surface area contributed by atoms with Crippen LogP contribution >= 0.6 is 0 Å². The maximum atomic E-state index is 14.0. The number of benzene rings is 1. The van der Waals surface area contributed by atoms with Crippen molar-refractivity contribution >= 4 is 11.7 Å². The van der Waals surface area contributed by atoms with Crippen molar-refractivity contribution in [3.8, 4) is 5.69 Å². The lowest BCUT2D eigenvalue weighted by Crippen LogP contribution is -2.29. The minimum absolute atomic E-state index is 0.173. The van der Waals surface area contributed by atoms with E-state index in [0.717, 1.165) is 5.56 Å². The minimum atomic E-state index is -0.930. The zero-order valence-electron chi connectivity index (χ0n) is 14.0. The number of carbonyl (C=O) groups excluding carboxylic acids is 1. The second kappa shape index (κ2) is 6.01. The molecule has 0 spiro atoms. The molecule has 1 aliphatic carbocycles. The molecule has 0 atom stereocenters. The molecule has 1 amide bonds. The van der Waals surface area contributed by atoms with Crippen molar-refractivity contribution in [3.63, 3.8) is 0 Å². The van der Waals surface area contributed by atoms with E-state index in [-0.39, 0.29) is 17.4 Å². The van der Waals surface area contributed by atoms with Gasteiger partial charge in [0.1, 0.15) is 11.6 Å². The molecule has 7 heteroatoms. The summed E-state index contributed by atoms with van der Waals surface area (Å²) in [5.41, 5.74) is 0.677. The molecule has 0 aliphatic heterocycles. The van der Waals surface area contributed by atoms with Crippen LogP contribution in [0.1, 0.15) is 24.1 Å².